The van der Waals surface area contributed by atoms with Gasteiger partial charge in [0.1, 0.15) is 0 Å². The van der Waals surface area contributed by atoms with E-state index in [2.05, 4.69) is 15.2 Å². The highest BCUT2D eigenvalue weighted by atomic mass is 16.6. The van der Waals surface area contributed by atoms with E-state index in [0.29, 0.717) is 11.4 Å². The van der Waals surface area contributed by atoms with E-state index in [-0.39, 0.29) is 12.5 Å². The number of aromatic nitrogens is 4. The van der Waals surface area contributed by atoms with Crippen LogP contribution in [0.5, 0.6) is 0 Å². The Morgan fingerprint density at radius 1 is 1.04 bits per heavy atom. The fourth-order valence-electron chi connectivity index (χ4n) is 2.38. The SMILES string of the molecule is O=C(OCc1nc(-c2ccccc2)no1)c1cnn(-c2ccccc2)c1. The van der Waals surface area contributed by atoms with Crippen molar-refractivity contribution in [2.75, 3.05) is 0 Å². The smallest absolute Gasteiger partial charge is 0.341 e. The summed E-state index contributed by atoms with van der Waals surface area (Å²) in [6.07, 6.45) is 3.07. The summed E-state index contributed by atoms with van der Waals surface area (Å²) in [6, 6.07) is 18.9. The van der Waals surface area contributed by atoms with Gasteiger partial charge in [-0.15, -0.1) is 0 Å². The van der Waals surface area contributed by atoms with Crippen LogP contribution in [-0.4, -0.2) is 25.9 Å². The summed E-state index contributed by atoms with van der Waals surface area (Å²) in [5.41, 5.74) is 2.03. The maximum atomic E-state index is 12.2. The minimum absolute atomic E-state index is 0.102. The second-order valence-electron chi connectivity index (χ2n) is 5.46. The molecule has 7 heteroatoms. The molecule has 26 heavy (non-hydrogen) atoms. The van der Waals surface area contributed by atoms with Gasteiger partial charge < -0.3 is 9.26 Å². The topological polar surface area (TPSA) is 83.0 Å². The van der Waals surface area contributed by atoms with Crippen molar-refractivity contribution in [2.45, 2.75) is 6.61 Å². The number of hydrogen-bond acceptors (Lipinski definition) is 6. The van der Waals surface area contributed by atoms with Gasteiger partial charge in [-0.2, -0.15) is 10.1 Å². The van der Waals surface area contributed by atoms with Crippen LogP contribution in [0.2, 0.25) is 0 Å². The molecular weight excluding hydrogens is 332 g/mol. The predicted molar refractivity (Wildman–Crippen MR) is 92.4 cm³/mol. The van der Waals surface area contributed by atoms with Gasteiger partial charge in [0, 0.05) is 11.8 Å². The van der Waals surface area contributed by atoms with Crippen molar-refractivity contribution >= 4 is 5.97 Å². The molecule has 7 nitrogen and oxygen atoms in total. The third-order valence-corrected chi connectivity index (χ3v) is 3.67. The van der Waals surface area contributed by atoms with E-state index in [1.165, 1.54) is 6.20 Å². The standard InChI is InChI=1S/C19H14N4O3/c24-19(15-11-20-23(12-15)16-9-5-2-6-10-16)25-13-17-21-18(22-26-17)14-7-3-1-4-8-14/h1-12H,13H2. The largest absolute Gasteiger partial charge is 0.452 e. The van der Waals surface area contributed by atoms with Crippen molar-refractivity contribution in [3.63, 3.8) is 0 Å². The number of ether oxygens (including phenoxy) is 1. The van der Waals surface area contributed by atoms with E-state index in [1.54, 1.807) is 10.9 Å². The monoisotopic (exact) mass is 346 g/mol. The molecule has 0 atom stereocenters. The molecule has 0 fully saturated rings. The Morgan fingerprint density at radius 3 is 2.54 bits per heavy atom. The lowest BCUT2D eigenvalue weighted by atomic mass is 10.2. The van der Waals surface area contributed by atoms with Gasteiger partial charge in [-0.05, 0) is 12.1 Å². The maximum Gasteiger partial charge on any atom is 0.341 e. The van der Waals surface area contributed by atoms with Crippen LogP contribution < -0.4 is 0 Å². The van der Waals surface area contributed by atoms with Gasteiger partial charge in [0.2, 0.25) is 5.82 Å². The van der Waals surface area contributed by atoms with Crippen LogP contribution in [0, 0.1) is 0 Å². The molecule has 2 heterocycles. The van der Waals surface area contributed by atoms with E-state index < -0.39 is 5.97 Å². The van der Waals surface area contributed by atoms with E-state index >= 15 is 0 Å². The van der Waals surface area contributed by atoms with E-state index in [9.17, 15) is 4.79 Å². The van der Waals surface area contributed by atoms with Crippen molar-refractivity contribution in [2.24, 2.45) is 0 Å². The lowest BCUT2D eigenvalue weighted by Crippen LogP contribution is -2.04. The summed E-state index contributed by atoms with van der Waals surface area (Å²) in [6.45, 7) is -0.102. The zero-order valence-electron chi connectivity index (χ0n) is 13.6. The van der Waals surface area contributed by atoms with Crippen LogP contribution in [0.25, 0.3) is 17.1 Å². The summed E-state index contributed by atoms with van der Waals surface area (Å²) in [4.78, 5) is 16.4. The number of para-hydroxylation sites is 1. The molecule has 0 aliphatic carbocycles. The molecule has 0 saturated heterocycles. The first-order valence-corrected chi connectivity index (χ1v) is 7.95. The Hall–Kier alpha value is -3.74. The molecule has 128 valence electrons. The summed E-state index contributed by atoms with van der Waals surface area (Å²) in [7, 11) is 0. The van der Waals surface area contributed by atoms with Crippen molar-refractivity contribution < 1.29 is 14.1 Å². The van der Waals surface area contributed by atoms with Gasteiger partial charge in [-0.1, -0.05) is 53.7 Å². The fourth-order valence-corrected chi connectivity index (χ4v) is 2.38. The number of benzene rings is 2. The molecule has 4 aromatic rings. The molecular formula is C19H14N4O3. The molecule has 0 N–H and O–H groups in total. The number of rotatable bonds is 5. The zero-order valence-corrected chi connectivity index (χ0v) is 13.6. The second kappa shape index (κ2) is 7.02. The molecule has 0 aliphatic rings. The third kappa shape index (κ3) is 3.36. The molecule has 0 saturated carbocycles. The van der Waals surface area contributed by atoms with Crippen molar-refractivity contribution in [1.82, 2.24) is 19.9 Å². The summed E-state index contributed by atoms with van der Waals surface area (Å²) >= 11 is 0. The molecule has 0 bridgehead atoms. The average molecular weight is 346 g/mol. The first kappa shape index (κ1) is 15.8. The van der Waals surface area contributed by atoms with Gasteiger partial charge in [0.25, 0.3) is 5.89 Å². The second-order valence-corrected chi connectivity index (χ2v) is 5.46. The number of hydrogen-bond donors (Lipinski definition) is 0. The predicted octanol–water partition coefficient (Wildman–Crippen LogP) is 3.28. The molecule has 2 aromatic heterocycles. The number of carbonyl (C=O) groups is 1. The minimum Gasteiger partial charge on any atom is -0.452 e. The Bertz CT molecular complexity index is 1010. The van der Waals surface area contributed by atoms with Gasteiger partial charge in [-0.3, -0.25) is 0 Å². The Balaban J connectivity index is 1.40. The highest BCUT2D eigenvalue weighted by Crippen LogP contribution is 2.15. The van der Waals surface area contributed by atoms with Crippen LogP contribution in [0.15, 0.2) is 77.6 Å². The maximum absolute atomic E-state index is 12.2. The summed E-state index contributed by atoms with van der Waals surface area (Å²) < 4.78 is 12.0. The van der Waals surface area contributed by atoms with E-state index in [1.807, 2.05) is 60.7 Å². The van der Waals surface area contributed by atoms with Crippen LogP contribution in [0.3, 0.4) is 0 Å². The molecule has 0 radical (unpaired) electrons. The molecule has 0 amide bonds. The lowest BCUT2D eigenvalue weighted by molar-refractivity contribution is 0.0430. The lowest BCUT2D eigenvalue weighted by Gasteiger charge is -2.00. The van der Waals surface area contributed by atoms with Gasteiger partial charge in [0.05, 0.1) is 17.4 Å². The number of nitrogens with zero attached hydrogens (tertiary/aromatic N) is 4. The molecule has 0 spiro atoms. The first-order chi connectivity index (χ1) is 12.8. The van der Waals surface area contributed by atoms with Crippen LogP contribution in [0.4, 0.5) is 0 Å². The van der Waals surface area contributed by atoms with Crippen molar-refractivity contribution in [1.29, 1.82) is 0 Å². The van der Waals surface area contributed by atoms with Crippen molar-refractivity contribution in [3.05, 3.63) is 84.5 Å². The Morgan fingerprint density at radius 2 is 1.77 bits per heavy atom. The quantitative estimate of drug-likeness (QED) is 0.516. The molecule has 0 aliphatic heterocycles. The van der Waals surface area contributed by atoms with E-state index in [4.69, 9.17) is 9.26 Å². The Kier molecular flexibility index (Phi) is 4.26. The van der Waals surface area contributed by atoms with Crippen LogP contribution in [0.1, 0.15) is 16.2 Å². The highest BCUT2D eigenvalue weighted by molar-refractivity contribution is 5.88. The molecule has 0 unspecified atom stereocenters. The normalized spacial score (nSPS) is 10.6. The number of carbonyl (C=O) groups excluding carboxylic acids is 1. The number of esters is 1. The Labute approximate surface area is 148 Å². The van der Waals surface area contributed by atoms with Crippen LogP contribution >= 0.6 is 0 Å². The van der Waals surface area contributed by atoms with Gasteiger partial charge >= 0.3 is 5.97 Å². The van der Waals surface area contributed by atoms with Gasteiger partial charge in [-0.25, -0.2) is 9.48 Å². The van der Waals surface area contributed by atoms with E-state index in [0.717, 1.165) is 11.3 Å². The third-order valence-electron chi connectivity index (χ3n) is 3.67. The minimum atomic E-state index is -0.508. The fraction of sp³-hybridized carbons (Fsp3) is 0.0526. The average Bonchev–Trinajstić information content (AvgIpc) is 3.37. The summed E-state index contributed by atoms with van der Waals surface area (Å²) in [5, 5.41) is 8.06. The van der Waals surface area contributed by atoms with Crippen LogP contribution in [-0.2, 0) is 11.3 Å². The first-order valence-electron chi connectivity index (χ1n) is 7.95. The van der Waals surface area contributed by atoms with Gasteiger partial charge in [0.15, 0.2) is 6.61 Å². The highest BCUT2D eigenvalue weighted by Gasteiger charge is 2.14. The molecule has 4 rings (SSSR count). The summed E-state index contributed by atoms with van der Waals surface area (Å²) in [5.74, 6) is 0.174. The zero-order chi connectivity index (χ0) is 17.8. The molecule has 2 aromatic carbocycles. The van der Waals surface area contributed by atoms with Crippen molar-refractivity contribution in [3.8, 4) is 17.1 Å².